The van der Waals surface area contributed by atoms with E-state index >= 15 is 0 Å². The summed E-state index contributed by atoms with van der Waals surface area (Å²) in [5, 5.41) is 12.8. The van der Waals surface area contributed by atoms with Crippen LogP contribution in [-0.2, 0) is 14.3 Å². The summed E-state index contributed by atoms with van der Waals surface area (Å²) >= 11 is 1.77. The second-order valence-corrected chi connectivity index (χ2v) is 12.4. The molecule has 34 heavy (non-hydrogen) atoms. The van der Waals surface area contributed by atoms with E-state index in [1.807, 2.05) is 24.1 Å². The van der Waals surface area contributed by atoms with Crippen molar-refractivity contribution >= 4 is 23.6 Å². The van der Waals surface area contributed by atoms with Crippen LogP contribution < -0.4 is 21.4 Å². The van der Waals surface area contributed by atoms with Crippen LogP contribution in [0.25, 0.3) is 0 Å². The van der Waals surface area contributed by atoms with E-state index < -0.39 is 0 Å². The van der Waals surface area contributed by atoms with Gasteiger partial charge in [0.1, 0.15) is 5.50 Å². The summed E-state index contributed by atoms with van der Waals surface area (Å²) in [6.07, 6.45) is 6.04. The lowest BCUT2D eigenvalue weighted by molar-refractivity contribution is -0.134. The van der Waals surface area contributed by atoms with Gasteiger partial charge in [0.15, 0.2) is 0 Å². The summed E-state index contributed by atoms with van der Waals surface area (Å²) in [6.45, 7) is 5.95. The lowest BCUT2D eigenvalue weighted by Crippen LogP contribution is -2.55. The van der Waals surface area contributed by atoms with Gasteiger partial charge in [-0.05, 0) is 38.0 Å². The van der Waals surface area contributed by atoms with E-state index in [0.717, 1.165) is 52.0 Å². The Morgan fingerprint density at radius 3 is 2.65 bits per heavy atom. The third kappa shape index (κ3) is 5.13. The monoisotopic (exact) mass is 494 g/mol. The molecule has 4 heterocycles. The van der Waals surface area contributed by atoms with Crippen molar-refractivity contribution in [1.82, 2.24) is 31.3 Å². The van der Waals surface area contributed by atoms with Crippen molar-refractivity contribution < 1.29 is 14.3 Å². The van der Waals surface area contributed by atoms with E-state index in [1.54, 1.807) is 11.8 Å². The van der Waals surface area contributed by atoms with E-state index in [1.165, 1.54) is 12.8 Å². The van der Waals surface area contributed by atoms with Crippen LogP contribution >= 0.6 is 11.8 Å². The second-order valence-electron chi connectivity index (χ2n) is 11.1. The van der Waals surface area contributed by atoms with Gasteiger partial charge in [0.2, 0.25) is 11.8 Å². The smallest absolute Gasteiger partial charge is 0.228 e. The van der Waals surface area contributed by atoms with E-state index in [-0.39, 0.29) is 41.3 Å². The van der Waals surface area contributed by atoms with Crippen LogP contribution in [0.15, 0.2) is 0 Å². The number of nitrogens with one attached hydrogen (secondary N) is 4. The number of fused-ring (bicyclic) bond motifs is 1. The molecule has 5 rings (SSSR count). The fourth-order valence-electron chi connectivity index (χ4n) is 6.93. The molecule has 9 atom stereocenters. The number of likely N-dealkylation sites (tertiary alicyclic amines) is 1. The molecule has 2 amide bonds. The highest BCUT2D eigenvalue weighted by atomic mass is 32.2. The molecule has 4 N–H and O–H groups in total. The van der Waals surface area contributed by atoms with Crippen LogP contribution in [0.3, 0.4) is 0 Å². The molecule has 1 saturated carbocycles. The molecule has 0 bridgehead atoms. The number of rotatable bonds is 5. The molecule has 9 unspecified atom stereocenters. The van der Waals surface area contributed by atoms with Crippen LogP contribution in [0.4, 0.5) is 0 Å². The minimum absolute atomic E-state index is 0.0234. The van der Waals surface area contributed by atoms with E-state index in [4.69, 9.17) is 4.74 Å². The molecule has 5 fully saturated rings. The number of carbonyl (C=O) groups is 2. The molecule has 0 aromatic heterocycles. The predicted octanol–water partition coefficient (Wildman–Crippen LogP) is 0.188. The highest BCUT2D eigenvalue weighted by Crippen LogP contribution is 2.40. The number of amides is 2. The molecule has 192 valence electrons. The van der Waals surface area contributed by atoms with E-state index in [2.05, 4.69) is 28.3 Å². The lowest BCUT2D eigenvalue weighted by Gasteiger charge is -2.44. The lowest BCUT2D eigenvalue weighted by atomic mass is 9.68. The predicted molar refractivity (Wildman–Crippen MR) is 133 cm³/mol. The molecule has 4 saturated heterocycles. The van der Waals surface area contributed by atoms with Crippen molar-refractivity contribution in [2.45, 2.75) is 68.0 Å². The van der Waals surface area contributed by atoms with Gasteiger partial charge in [-0.2, -0.15) is 0 Å². The van der Waals surface area contributed by atoms with E-state index in [0.29, 0.717) is 23.1 Å². The second kappa shape index (κ2) is 10.6. The summed E-state index contributed by atoms with van der Waals surface area (Å²) in [5.41, 5.74) is 3.14. The number of carbonyl (C=O) groups excluding carboxylic acids is 2. The van der Waals surface area contributed by atoms with Crippen molar-refractivity contribution in [2.24, 2.45) is 23.7 Å². The first-order chi connectivity index (χ1) is 16.4. The number of hydrazine groups is 1. The molecule has 9 nitrogen and oxygen atoms in total. The van der Waals surface area contributed by atoms with Crippen molar-refractivity contribution in [3.8, 4) is 0 Å². The van der Waals surface area contributed by atoms with Crippen LogP contribution in [0.2, 0.25) is 0 Å². The molecule has 0 spiro atoms. The van der Waals surface area contributed by atoms with Gasteiger partial charge in [0.25, 0.3) is 0 Å². The highest BCUT2D eigenvalue weighted by Gasteiger charge is 2.47. The topological polar surface area (TPSA) is 98.0 Å². The SMILES string of the molecule is COC1CCCCC1C1CC(C)NCC1C(=O)NC1NC2CN(C(=O)C3CNN(C)C3)CC2S1. The quantitative estimate of drug-likeness (QED) is 0.430. The third-order valence-corrected chi connectivity index (χ3v) is 10.1. The number of hydrogen-bond donors (Lipinski definition) is 4. The van der Waals surface area contributed by atoms with E-state index in [9.17, 15) is 9.59 Å². The Balaban J connectivity index is 1.15. The fraction of sp³-hybridized carbons (Fsp3) is 0.917. The molecule has 1 aliphatic carbocycles. The number of hydrogen-bond acceptors (Lipinski definition) is 8. The summed E-state index contributed by atoms with van der Waals surface area (Å²) in [4.78, 5) is 28.4. The summed E-state index contributed by atoms with van der Waals surface area (Å²) < 4.78 is 5.87. The van der Waals surface area contributed by atoms with Crippen LogP contribution in [0.1, 0.15) is 39.0 Å². The number of piperidine rings is 1. The molecule has 4 aliphatic heterocycles. The van der Waals surface area contributed by atoms with Gasteiger partial charge in [-0.15, -0.1) is 11.8 Å². The summed E-state index contributed by atoms with van der Waals surface area (Å²) in [6, 6.07) is 0.674. The maximum Gasteiger partial charge on any atom is 0.228 e. The van der Waals surface area contributed by atoms with Crippen molar-refractivity contribution in [2.75, 3.05) is 46.9 Å². The normalized spacial score (nSPS) is 43.1. The van der Waals surface area contributed by atoms with Gasteiger partial charge in [-0.3, -0.25) is 20.3 Å². The number of thioether (sulfide) groups is 1. The Morgan fingerprint density at radius 2 is 1.91 bits per heavy atom. The number of methoxy groups -OCH3 is 1. The zero-order valence-corrected chi connectivity index (χ0v) is 21.6. The first kappa shape index (κ1) is 24.8. The largest absolute Gasteiger partial charge is 0.381 e. The molecule has 0 aromatic rings. The number of ether oxygens (including phenoxy) is 1. The highest BCUT2D eigenvalue weighted by molar-refractivity contribution is 8.00. The van der Waals surface area contributed by atoms with Crippen LogP contribution in [0.5, 0.6) is 0 Å². The Labute approximate surface area is 207 Å². The Bertz CT molecular complexity index is 744. The van der Waals surface area contributed by atoms with Crippen LogP contribution in [0, 0.1) is 23.7 Å². The van der Waals surface area contributed by atoms with Gasteiger partial charge >= 0.3 is 0 Å². The minimum atomic E-state index is -0.0800. The molecule has 10 heteroatoms. The summed E-state index contributed by atoms with van der Waals surface area (Å²) in [5.74, 6) is 1.25. The molecule has 0 radical (unpaired) electrons. The first-order valence-electron chi connectivity index (χ1n) is 13.1. The molecular formula is C24H42N6O3S. The van der Waals surface area contributed by atoms with Gasteiger partial charge in [-0.1, -0.05) is 12.8 Å². The standard InChI is InChI=1S/C24H42N6O3S/c1-14-8-17(16-6-4-5-7-20(16)33-3)18(10-25-14)22(31)28-24-27-19-12-30(13-21(19)34-24)23(32)15-9-26-29(2)11-15/h14-21,24-27H,4-13H2,1-3H3,(H,28,31). The Kier molecular flexibility index (Phi) is 7.72. The first-order valence-corrected chi connectivity index (χ1v) is 14.1. The third-order valence-electron chi connectivity index (χ3n) is 8.75. The Hall–Kier alpha value is -0.910. The molecule has 5 aliphatic rings. The van der Waals surface area contributed by atoms with Gasteiger partial charge in [-0.25, -0.2) is 5.01 Å². The average molecular weight is 495 g/mol. The maximum atomic E-state index is 13.5. The number of nitrogens with zero attached hydrogens (tertiary/aromatic N) is 2. The fourth-order valence-corrected chi connectivity index (χ4v) is 8.33. The zero-order chi connectivity index (χ0) is 23.8. The van der Waals surface area contributed by atoms with Crippen molar-refractivity contribution in [3.05, 3.63) is 0 Å². The molecular weight excluding hydrogens is 452 g/mol. The average Bonchev–Trinajstić information content (AvgIpc) is 3.53. The van der Waals surface area contributed by atoms with Crippen molar-refractivity contribution in [1.29, 1.82) is 0 Å². The minimum Gasteiger partial charge on any atom is -0.381 e. The van der Waals surface area contributed by atoms with Gasteiger partial charge in [0, 0.05) is 64.2 Å². The van der Waals surface area contributed by atoms with Gasteiger partial charge < -0.3 is 20.3 Å². The van der Waals surface area contributed by atoms with Crippen LogP contribution in [-0.4, -0.2) is 97.5 Å². The summed E-state index contributed by atoms with van der Waals surface area (Å²) in [7, 11) is 3.81. The van der Waals surface area contributed by atoms with Crippen molar-refractivity contribution in [3.63, 3.8) is 0 Å². The maximum absolute atomic E-state index is 13.5. The van der Waals surface area contributed by atoms with Gasteiger partial charge in [0.05, 0.1) is 17.9 Å². The Morgan fingerprint density at radius 1 is 1.09 bits per heavy atom. The molecule has 0 aromatic carbocycles. The zero-order valence-electron chi connectivity index (χ0n) is 20.8.